The first-order chi connectivity index (χ1) is 10.2. The van der Waals surface area contributed by atoms with E-state index in [-0.39, 0.29) is 5.91 Å². The van der Waals surface area contributed by atoms with Crippen LogP contribution in [-0.2, 0) is 11.3 Å². The maximum Gasteiger partial charge on any atom is 0.221 e. The van der Waals surface area contributed by atoms with Crippen LogP contribution in [0.3, 0.4) is 0 Å². The summed E-state index contributed by atoms with van der Waals surface area (Å²) in [4.78, 5) is 11.9. The molecule has 1 heterocycles. The van der Waals surface area contributed by atoms with Crippen LogP contribution in [0.25, 0.3) is 0 Å². The molecule has 0 saturated carbocycles. The van der Waals surface area contributed by atoms with Gasteiger partial charge in [0.25, 0.3) is 0 Å². The van der Waals surface area contributed by atoms with E-state index in [0.29, 0.717) is 6.42 Å². The number of amides is 1. The van der Waals surface area contributed by atoms with E-state index >= 15 is 0 Å². The second-order valence-electron chi connectivity index (χ2n) is 4.71. The van der Waals surface area contributed by atoms with Crippen molar-refractivity contribution in [2.45, 2.75) is 25.4 Å². The number of nitrogens with zero attached hydrogens (tertiary/aromatic N) is 2. The van der Waals surface area contributed by atoms with E-state index in [2.05, 4.69) is 27.3 Å². The topological polar surface area (TPSA) is 57.8 Å². The fourth-order valence-electron chi connectivity index (χ4n) is 2.05. The van der Waals surface area contributed by atoms with Crippen molar-refractivity contribution in [3.8, 4) is 6.07 Å². The number of nitrogens with one attached hydrogen (secondary N) is 1. The Kier molecular flexibility index (Phi) is 5.59. The molecule has 0 spiro atoms. The predicted octanol–water partition coefficient (Wildman–Crippen LogP) is 3.41. The van der Waals surface area contributed by atoms with E-state index in [1.54, 1.807) is 0 Å². The Labute approximate surface area is 132 Å². The molecule has 108 valence electrons. The number of carbonyl (C=O) groups is 1. The van der Waals surface area contributed by atoms with Gasteiger partial charge < -0.3 is 9.88 Å². The third-order valence-electron chi connectivity index (χ3n) is 3.10. The number of hydrogen-bond donors (Lipinski definition) is 1. The Morgan fingerprint density at radius 2 is 2.10 bits per heavy atom. The number of rotatable bonds is 6. The van der Waals surface area contributed by atoms with Gasteiger partial charge in [-0.25, -0.2) is 0 Å². The molecule has 1 N–H and O–H groups in total. The molecule has 0 saturated heterocycles. The van der Waals surface area contributed by atoms with Gasteiger partial charge in [-0.3, -0.25) is 4.79 Å². The maximum atomic E-state index is 11.9. The Morgan fingerprint density at radius 1 is 1.33 bits per heavy atom. The minimum absolute atomic E-state index is 0.103. The summed E-state index contributed by atoms with van der Waals surface area (Å²) >= 11 is 3.36. The Morgan fingerprint density at radius 3 is 2.76 bits per heavy atom. The Bertz CT molecular complexity index is 631. The highest BCUT2D eigenvalue weighted by Gasteiger charge is 2.13. The molecule has 0 unspecified atom stereocenters. The number of benzene rings is 1. The Hall–Kier alpha value is -2.06. The van der Waals surface area contributed by atoms with Gasteiger partial charge in [0.15, 0.2) is 0 Å². The summed E-state index contributed by atoms with van der Waals surface area (Å²) in [5.41, 5.74) is 0.783. The minimum Gasteiger partial charge on any atom is -0.354 e. The molecular formula is C16H16BrN3O. The van der Waals surface area contributed by atoms with E-state index in [1.165, 1.54) is 0 Å². The molecule has 4 nitrogen and oxygen atoms in total. The van der Waals surface area contributed by atoms with E-state index in [4.69, 9.17) is 0 Å². The fourth-order valence-corrected chi connectivity index (χ4v) is 2.47. The van der Waals surface area contributed by atoms with E-state index in [1.807, 2.05) is 53.4 Å². The number of aromatic nitrogens is 1. The summed E-state index contributed by atoms with van der Waals surface area (Å²) in [6.45, 7) is 0.800. The van der Waals surface area contributed by atoms with Gasteiger partial charge in [-0.05, 0) is 36.2 Å². The van der Waals surface area contributed by atoms with Gasteiger partial charge in [0.1, 0.15) is 6.04 Å². The summed E-state index contributed by atoms with van der Waals surface area (Å²) in [5.74, 6) is -0.103. The lowest BCUT2D eigenvalue weighted by molar-refractivity contribution is -0.121. The lowest BCUT2D eigenvalue weighted by atomic mass is 10.1. The number of carbonyl (C=O) groups excluding carboxylic acids is 1. The van der Waals surface area contributed by atoms with Gasteiger partial charge in [-0.15, -0.1) is 0 Å². The van der Waals surface area contributed by atoms with Crippen molar-refractivity contribution in [3.05, 3.63) is 58.8 Å². The van der Waals surface area contributed by atoms with Gasteiger partial charge in [-0.1, -0.05) is 28.1 Å². The van der Waals surface area contributed by atoms with Gasteiger partial charge in [0.2, 0.25) is 5.91 Å². The molecule has 0 fully saturated rings. The van der Waals surface area contributed by atoms with Crippen LogP contribution in [0.15, 0.2) is 53.3 Å². The monoisotopic (exact) mass is 345 g/mol. The summed E-state index contributed by atoms with van der Waals surface area (Å²) in [6, 6.07) is 12.8. The first-order valence-corrected chi connectivity index (χ1v) is 7.53. The average Bonchev–Trinajstić information content (AvgIpc) is 2.98. The molecule has 0 aliphatic rings. The van der Waals surface area contributed by atoms with Crippen molar-refractivity contribution in [1.29, 1.82) is 5.26 Å². The second-order valence-corrected chi connectivity index (χ2v) is 5.62. The molecule has 0 aliphatic carbocycles. The summed E-state index contributed by atoms with van der Waals surface area (Å²) in [6.07, 6.45) is 5.09. The zero-order valence-electron chi connectivity index (χ0n) is 11.5. The Balaban J connectivity index is 1.84. The quantitative estimate of drug-likeness (QED) is 0.871. The lowest BCUT2D eigenvalue weighted by Crippen LogP contribution is -2.27. The van der Waals surface area contributed by atoms with Crippen molar-refractivity contribution >= 4 is 21.8 Å². The van der Waals surface area contributed by atoms with Crippen molar-refractivity contribution in [2.75, 3.05) is 0 Å². The van der Waals surface area contributed by atoms with E-state index in [0.717, 1.165) is 23.0 Å². The molecule has 0 aliphatic heterocycles. The molecule has 5 heteroatoms. The molecule has 1 aromatic heterocycles. The van der Waals surface area contributed by atoms with Crippen LogP contribution in [0.4, 0.5) is 0 Å². The zero-order chi connectivity index (χ0) is 15.1. The SMILES string of the molecule is N#C[C@@H](NC(=O)CCCn1cccc1)c1cccc(Br)c1. The highest BCUT2D eigenvalue weighted by atomic mass is 79.9. The summed E-state index contributed by atoms with van der Waals surface area (Å²) in [7, 11) is 0. The minimum atomic E-state index is -0.610. The van der Waals surface area contributed by atoms with Crippen LogP contribution in [0, 0.1) is 11.3 Å². The predicted molar refractivity (Wildman–Crippen MR) is 84.3 cm³/mol. The molecule has 0 bridgehead atoms. The number of hydrogen-bond acceptors (Lipinski definition) is 2. The molecular weight excluding hydrogens is 330 g/mol. The third-order valence-corrected chi connectivity index (χ3v) is 3.60. The van der Waals surface area contributed by atoms with Crippen LogP contribution in [-0.4, -0.2) is 10.5 Å². The van der Waals surface area contributed by atoms with Crippen molar-refractivity contribution in [2.24, 2.45) is 0 Å². The van der Waals surface area contributed by atoms with Crippen molar-refractivity contribution < 1.29 is 4.79 Å². The lowest BCUT2D eigenvalue weighted by Gasteiger charge is -2.12. The molecule has 0 radical (unpaired) electrons. The standard InChI is InChI=1S/C16H16BrN3O/c17-14-6-3-5-13(11-14)15(12-18)19-16(21)7-4-10-20-8-1-2-9-20/h1-3,5-6,8-9,11,15H,4,7,10H2,(H,19,21)/t15-/m1/s1. The maximum absolute atomic E-state index is 11.9. The molecule has 1 amide bonds. The first-order valence-electron chi connectivity index (χ1n) is 6.74. The molecule has 1 atom stereocenters. The molecule has 1 aromatic carbocycles. The van der Waals surface area contributed by atoms with E-state index in [9.17, 15) is 10.1 Å². The number of aryl methyl sites for hydroxylation is 1. The average molecular weight is 346 g/mol. The third kappa shape index (κ3) is 4.76. The zero-order valence-corrected chi connectivity index (χ0v) is 13.1. The van der Waals surface area contributed by atoms with Crippen LogP contribution in [0.2, 0.25) is 0 Å². The van der Waals surface area contributed by atoms with Crippen LogP contribution in [0.1, 0.15) is 24.4 Å². The van der Waals surface area contributed by atoms with Crippen molar-refractivity contribution in [1.82, 2.24) is 9.88 Å². The van der Waals surface area contributed by atoms with Crippen molar-refractivity contribution in [3.63, 3.8) is 0 Å². The summed E-state index contributed by atoms with van der Waals surface area (Å²) < 4.78 is 2.92. The number of nitriles is 1. The summed E-state index contributed by atoms with van der Waals surface area (Å²) in [5, 5.41) is 12.0. The fraction of sp³-hybridized carbons (Fsp3) is 0.250. The highest BCUT2D eigenvalue weighted by molar-refractivity contribution is 9.10. The van der Waals surface area contributed by atoms with E-state index < -0.39 is 6.04 Å². The van der Waals surface area contributed by atoms with Gasteiger partial charge in [-0.2, -0.15) is 5.26 Å². The molecule has 21 heavy (non-hydrogen) atoms. The smallest absolute Gasteiger partial charge is 0.221 e. The normalized spacial score (nSPS) is 11.6. The van der Waals surface area contributed by atoms with Gasteiger partial charge >= 0.3 is 0 Å². The second kappa shape index (κ2) is 7.65. The van der Waals surface area contributed by atoms with Crippen LogP contribution >= 0.6 is 15.9 Å². The molecule has 2 rings (SSSR count). The number of halogens is 1. The highest BCUT2D eigenvalue weighted by Crippen LogP contribution is 2.18. The largest absolute Gasteiger partial charge is 0.354 e. The first kappa shape index (κ1) is 15.3. The van der Waals surface area contributed by atoms with Crippen LogP contribution < -0.4 is 5.32 Å². The van der Waals surface area contributed by atoms with Gasteiger partial charge in [0.05, 0.1) is 6.07 Å². The van der Waals surface area contributed by atoms with Gasteiger partial charge in [0, 0.05) is 29.8 Å². The molecule has 2 aromatic rings. The van der Waals surface area contributed by atoms with Crippen LogP contribution in [0.5, 0.6) is 0 Å².